The smallest absolute Gasteiger partial charge is 0.160 e. The molecular weight excluding hydrogens is 262 g/mol. The minimum Gasteiger partial charge on any atom is -0.493 e. The fourth-order valence-electron chi connectivity index (χ4n) is 3.79. The zero-order chi connectivity index (χ0) is 15.4. The zero-order valence-electron chi connectivity index (χ0n) is 14.2. The molecule has 1 aliphatic carbocycles. The van der Waals surface area contributed by atoms with E-state index in [-0.39, 0.29) is 0 Å². The molecule has 120 valence electrons. The van der Waals surface area contributed by atoms with Gasteiger partial charge in [-0.05, 0) is 50.1 Å². The Balaban J connectivity index is 2.25. The number of methoxy groups -OCH3 is 1. The number of hydrogen-bond donors (Lipinski definition) is 1. The monoisotopic (exact) mass is 293 g/mol. The molecule has 0 spiro atoms. The van der Waals surface area contributed by atoms with Crippen molar-refractivity contribution < 1.29 is 4.74 Å². The molecule has 1 aromatic rings. The van der Waals surface area contributed by atoms with Crippen LogP contribution in [0.15, 0.2) is 6.20 Å². The molecule has 0 saturated heterocycles. The Morgan fingerprint density at radius 2 is 2.19 bits per heavy atom. The van der Waals surface area contributed by atoms with Gasteiger partial charge in [-0.3, -0.25) is 4.68 Å². The Labute approximate surface area is 129 Å². The summed E-state index contributed by atoms with van der Waals surface area (Å²) in [4.78, 5) is 0. The van der Waals surface area contributed by atoms with E-state index in [1.807, 2.05) is 17.9 Å². The molecule has 0 aromatic carbocycles. The molecule has 1 N–H and O–H groups in total. The Hall–Kier alpha value is -1.03. The van der Waals surface area contributed by atoms with E-state index in [1.165, 1.54) is 25.0 Å². The number of aryl methyl sites for hydroxylation is 1. The van der Waals surface area contributed by atoms with Crippen LogP contribution in [0.5, 0.6) is 5.75 Å². The highest BCUT2D eigenvalue weighted by Crippen LogP contribution is 2.45. The van der Waals surface area contributed by atoms with Crippen molar-refractivity contribution >= 4 is 0 Å². The van der Waals surface area contributed by atoms with Gasteiger partial charge in [-0.25, -0.2) is 0 Å². The molecule has 0 radical (unpaired) electrons. The van der Waals surface area contributed by atoms with Gasteiger partial charge in [0, 0.05) is 13.0 Å². The van der Waals surface area contributed by atoms with E-state index >= 15 is 0 Å². The average molecular weight is 293 g/mol. The van der Waals surface area contributed by atoms with Crippen LogP contribution in [0.25, 0.3) is 0 Å². The summed E-state index contributed by atoms with van der Waals surface area (Å²) in [6, 6.07) is 0. The second kappa shape index (κ2) is 7.30. The molecule has 1 aromatic heterocycles. The van der Waals surface area contributed by atoms with Crippen LogP contribution in [0.3, 0.4) is 0 Å². The van der Waals surface area contributed by atoms with Gasteiger partial charge in [0.25, 0.3) is 0 Å². The number of hydrogen-bond acceptors (Lipinski definition) is 3. The maximum absolute atomic E-state index is 5.56. The van der Waals surface area contributed by atoms with Crippen LogP contribution in [0, 0.1) is 17.8 Å². The molecule has 1 saturated carbocycles. The molecule has 2 rings (SSSR count). The summed E-state index contributed by atoms with van der Waals surface area (Å²) < 4.78 is 7.58. The summed E-state index contributed by atoms with van der Waals surface area (Å²) in [7, 11) is 3.80. The van der Waals surface area contributed by atoms with Crippen molar-refractivity contribution in [1.82, 2.24) is 15.1 Å². The Bertz CT molecular complexity index is 441. The number of rotatable bonds is 6. The molecule has 0 bridgehead atoms. The first kappa shape index (κ1) is 16.3. The van der Waals surface area contributed by atoms with Gasteiger partial charge < -0.3 is 10.1 Å². The SMILES string of the molecule is CCNCC1CCC(C(C)C)CC1c1c(OC)cnn1C. The highest BCUT2D eigenvalue weighted by Gasteiger charge is 2.35. The van der Waals surface area contributed by atoms with E-state index in [2.05, 4.69) is 31.2 Å². The van der Waals surface area contributed by atoms with Crippen molar-refractivity contribution in [2.75, 3.05) is 20.2 Å². The second-order valence-corrected chi connectivity index (χ2v) is 6.71. The first-order valence-electron chi connectivity index (χ1n) is 8.35. The molecule has 1 aliphatic rings. The highest BCUT2D eigenvalue weighted by molar-refractivity contribution is 5.29. The van der Waals surface area contributed by atoms with Crippen LogP contribution in [-0.4, -0.2) is 30.0 Å². The topological polar surface area (TPSA) is 39.1 Å². The Morgan fingerprint density at radius 1 is 1.43 bits per heavy atom. The van der Waals surface area contributed by atoms with Gasteiger partial charge in [-0.1, -0.05) is 20.8 Å². The molecule has 0 amide bonds. The third kappa shape index (κ3) is 3.60. The van der Waals surface area contributed by atoms with E-state index in [0.717, 1.165) is 30.7 Å². The molecule has 3 unspecified atom stereocenters. The van der Waals surface area contributed by atoms with Gasteiger partial charge in [0.1, 0.15) is 0 Å². The Morgan fingerprint density at radius 3 is 2.81 bits per heavy atom. The molecule has 0 aliphatic heterocycles. The first-order chi connectivity index (χ1) is 10.1. The summed E-state index contributed by atoms with van der Waals surface area (Å²) in [6.45, 7) is 9.03. The minimum atomic E-state index is 0.549. The van der Waals surface area contributed by atoms with Crippen LogP contribution in [0.4, 0.5) is 0 Å². The van der Waals surface area contributed by atoms with Crippen molar-refractivity contribution in [1.29, 1.82) is 0 Å². The van der Waals surface area contributed by atoms with Gasteiger partial charge in [-0.2, -0.15) is 5.10 Å². The summed E-state index contributed by atoms with van der Waals surface area (Å²) in [5.41, 5.74) is 1.28. The zero-order valence-corrected chi connectivity index (χ0v) is 14.2. The predicted octanol–water partition coefficient (Wildman–Crippen LogP) is 3.19. The number of nitrogens with one attached hydrogen (secondary N) is 1. The fourth-order valence-corrected chi connectivity index (χ4v) is 3.79. The van der Waals surface area contributed by atoms with Crippen molar-refractivity contribution in [3.63, 3.8) is 0 Å². The van der Waals surface area contributed by atoms with Crippen LogP contribution < -0.4 is 10.1 Å². The largest absolute Gasteiger partial charge is 0.493 e. The quantitative estimate of drug-likeness (QED) is 0.875. The number of aromatic nitrogens is 2. The van der Waals surface area contributed by atoms with E-state index < -0.39 is 0 Å². The molecular formula is C17H31N3O. The van der Waals surface area contributed by atoms with Crippen molar-refractivity contribution in [3.8, 4) is 5.75 Å². The van der Waals surface area contributed by atoms with Crippen LogP contribution in [-0.2, 0) is 7.05 Å². The lowest BCUT2D eigenvalue weighted by Crippen LogP contribution is -2.34. The molecule has 21 heavy (non-hydrogen) atoms. The van der Waals surface area contributed by atoms with Crippen molar-refractivity contribution in [3.05, 3.63) is 11.9 Å². The molecule has 3 atom stereocenters. The van der Waals surface area contributed by atoms with Crippen LogP contribution in [0.2, 0.25) is 0 Å². The lowest BCUT2D eigenvalue weighted by Gasteiger charge is -2.38. The summed E-state index contributed by atoms with van der Waals surface area (Å²) in [5.74, 6) is 3.75. The van der Waals surface area contributed by atoms with Gasteiger partial charge in [0.15, 0.2) is 5.75 Å². The summed E-state index contributed by atoms with van der Waals surface area (Å²) >= 11 is 0. The van der Waals surface area contributed by atoms with E-state index in [4.69, 9.17) is 4.74 Å². The molecule has 4 nitrogen and oxygen atoms in total. The third-order valence-electron chi connectivity index (χ3n) is 5.15. The first-order valence-corrected chi connectivity index (χ1v) is 8.35. The normalized spacial score (nSPS) is 26.3. The lowest BCUT2D eigenvalue weighted by atomic mass is 9.69. The molecule has 4 heteroatoms. The van der Waals surface area contributed by atoms with Crippen molar-refractivity contribution in [2.45, 2.75) is 46.0 Å². The van der Waals surface area contributed by atoms with E-state index in [1.54, 1.807) is 7.11 Å². The van der Waals surface area contributed by atoms with Gasteiger partial charge >= 0.3 is 0 Å². The maximum atomic E-state index is 5.56. The molecule has 1 fully saturated rings. The van der Waals surface area contributed by atoms with Gasteiger partial charge in [-0.15, -0.1) is 0 Å². The lowest BCUT2D eigenvalue weighted by molar-refractivity contribution is 0.183. The summed E-state index contributed by atoms with van der Waals surface area (Å²) in [6.07, 6.45) is 5.77. The summed E-state index contributed by atoms with van der Waals surface area (Å²) in [5, 5.41) is 7.96. The third-order valence-corrected chi connectivity index (χ3v) is 5.15. The fraction of sp³-hybridized carbons (Fsp3) is 0.824. The minimum absolute atomic E-state index is 0.549. The van der Waals surface area contributed by atoms with Crippen LogP contribution in [0.1, 0.15) is 51.6 Å². The average Bonchev–Trinajstić information content (AvgIpc) is 2.85. The molecule has 1 heterocycles. The highest BCUT2D eigenvalue weighted by atomic mass is 16.5. The van der Waals surface area contributed by atoms with E-state index in [9.17, 15) is 0 Å². The van der Waals surface area contributed by atoms with Gasteiger partial charge in [0.2, 0.25) is 0 Å². The Kier molecular flexibility index (Phi) is 5.68. The van der Waals surface area contributed by atoms with Crippen LogP contribution >= 0.6 is 0 Å². The van der Waals surface area contributed by atoms with Crippen molar-refractivity contribution in [2.24, 2.45) is 24.8 Å². The maximum Gasteiger partial charge on any atom is 0.160 e. The van der Waals surface area contributed by atoms with E-state index in [0.29, 0.717) is 11.8 Å². The number of ether oxygens (including phenoxy) is 1. The second-order valence-electron chi connectivity index (χ2n) is 6.71. The predicted molar refractivity (Wildman–Crippen MR) is 86.7 cm³/mol. The number of nitrogens with zero attached hydrogens (tertiary/aromatic N) is 2. The van der Waals surface area contributed by atoms with Gasteiger partial charge in [0.05, 0.1) is 19.0 Å². The standard InChI is InChI=1S/C17H31N3O/c1-6-18-10-14-8-7-13(12(2)3)9-15(14)17-16(21-5)11-19-20(17)4/h11-15,18H,6-10H2,1-5H3.